The first-order chi connectivity index (χ1) is 16.7. The lowest BCUT2D eigenvalue weighted by molar-refractivity contribution is 0.0288. The molecule has 0 unspecified atom stereocenters. The smallest absolute Gasteiger partial charge is 0.231 e. The zero-order chi connectivity index (χ0) is 23.3. The lowest BCUT2D eigenvalue weighted by atomic mass is 9.90. The van der Waals surface area contributed by atoms with E-state index in [0.29, 0.717) is 19.7 Å². The molecule has 0 fully saturated rings. The maximum atomic E-state index is 10.5. The van der Waals surface area contributed by atoms with Crippen molar-refractivity contribution in [1.29, 1.82) is 0 Å². The van der Waals surface area contributed by atoms with Crippen LogP contribution in [0.15, 0.2) is 72.9 Å². The van der Waals surface area contributed by atoms with E-state index >= 15 is 0 Å². The van der Waals surface area contributed by atoms with Crippen LogP contribution in [0.25, 0.3) is 10.9 Å². The van der Waals surface area contributed by atoms with Crippen LogP contribution in [0.1, 0.15) is 22.6 Å². The molecule has 0 amide bonds. The molecule has 5 rings (SSSR count). The van der Waals surface area contributed by atoms with Crippen LogP contribution in [0.3, 0.4) is 0 Å². The van der Waals surface area contributed by atoms with Crippen molar-refractivity contribution in [2.24, 2.45) is 0 Å². The lowest BCUT2D eigenvalue weighted by Gasteiger charge is -2.21. The van der Waals surface area contributed by atoms with Crippen molar-refractivity contribution in [3.05, 3.63) is 94.6 Å². The van der Waals surface area contributed by atoms with Crippen LogP contribution in [0.2, 0.25) is 5.02 Å². The molecule has 3 N–H and O–H groups in total. The first kappa shape index (κ1) is 22.7. The van der Waals surface area contributed by atoms with E-state index in [1.807, 2.05) is 54.7 Å². The van der Waals surface area contributed by atoms with Gasteiger partial charge in [0.05, 0.1) is 19.3 Å². The van der Waals surface area contributed by atoms with Crippen LogP contribution in [0.4, 0.5) is 0 Å². The lowest BCUT2D eigenvalue weighted by Crippen LogP contribution is -2.33. The minimum atomic E-state index is -0.635. The van der Waals surface area contributed by atoms with E-state index in [1.165, 1.54) is 10.9 Å². The molecule has 3 aromatic carbocycles. The maximum absolute atomic E-state index is 10.5. The van der Waals surface area contributed by atoms with Crippen LogP contribution in [0.5, 0.6) is 11.5 Å². The number of rotatable bonds is 10. The summed E-state index contributed by atoms with van der Waals surface area (Å²) in [4.78, 5) is 3.36. The molecule has 7 heteroatoms. The first-order valence-corrected chi connectivity index (χ1v) is 11.7. The normalized spacial score (nSPS) is 14.4. The molecule has 0 saturated carbocycles. The zero-order valence-corrected chi connectivity index (χ0v) is 19.4. The second-order valence-corrected chi connectivity index (χ2v) is 8.79. The Bertz CT molecular complexity index is 1260. The van der Waals surface area contributed by atoms with Gasteiger partial charge in [-0.25, -0.2) is 0 Å². The Morgan fingerprint density at radius 2 is 1.79 bits per heavy atom. The highest BCUT2D eigenvalue weighted by Gasteiger charge is 2.20. The monoisotopic (exact) mass is 478 g/mol. The van der Waals surface area contributed by atoms with Gasteiger partial charge in [0.15, 0.2) is 11.5 Å². The number of para-hydroxylation sites is 1. The number of H-pyrrole nitrogens is 1. The molecule has 0 bridgehead atoms. The number of hydrogen-bond acceptors (Lipinski definition) is 5. The summed E-state index contributed by atoms with van der Waals surface area (Å²) in [6.07, 6.45) is 1.41. The van der Waals surface area contributed by atoms with Crippen LogP contribution in [-0.2, 0) is 11.3 Å². The molecule has 2 heterocycles. The number of hydrogen-bond donors (Lipinski definition) is 3. The zero-order valence-electron chi connectivity index (χ0n) is 18.7. The van der Waals surface area contributed by atoms with E-state index in [2.05, 4.69) is 28.5 Å². The minimum absolute atomic E-state index is 0.0339. The molecule has 34 heavy (non-hydrogen) atoms. The van der Waals surface area contributed by atoms with E-state index in [-0.39, 0.29) is 19.3 Å². The number of ether oxygens (including phenoxy) is 3. The van der Waals surface area contributed by atoms with Crippen LogP contribution in [0, 0.1) is 0 Å². The molecule has 2 atom stereocenters. The summed E-state index contributed by atoms with van der Waals surface area (Å²) < 4.78 is 16.4. The highest BCUT2D eigenvalue weighted by Crippen LogP contribution is 2.34. The number of fused-ring (bicyclic) bond motifs is 2. The summed E-state index contributed by atoms with van der Waals surface area (Å²) in [6, 6.07) is 21.9. The number of benzene rings is 3. The third kappa shape index (κ3) is 5.05. The highest BCUT2D eigenvalue weighted by molar-refractivity contribution is 6.31. The van der Waals surface area contributed by atoms with E-state index in [9.17, 15) is 5.11 Å². The average Bonchev–Trinajstić information content (AvgIpc) is 3.49. The molecule has 1 aliphatic rings. The van der Waals surface area contributed by atoms with Gasteiger partial charge in [0, 0.05) is 41.1 Å². The fourth-order valence-electron chi connectivity index (χ4n) is 4.32. The van der Waals surface area contributed by atoms with Crippen molar-refractivity contribution < 1.29 is 19.3 Å². The van der Waals surface area contributed by atoms with Gasteiger partial charge in [0.1, 0.15) is 0 Å². The largest absolute Gasteiger partial charge is 0.454 e. The Labute approximate surface area is 203 Å². The quantitative estimate of drug-likeness (QED) is 0.304. The average molecular weight is 479 g/mol. The fraction of sp³-hybridized carbons (Fsp3) is 0.259. The van der Waals surface area contributed by atoms with Crippen molar-refractivity contribution in [2.45, 2.75) is 18.6 Å². The molecule has 4 aromatic rings. The number of aliphatic hydroxyl groups is 1. The molecule has 1 aliphatic heterocycles. The second kappa shape index (κ2) is 10.5. The van der Waals surface area contributed by atoms with Gasteiger partial charge in [-0.2, -0.15) is 0 Å². The molecule has 0 saturated heterocycles. The number of nitrogens with one attached hydrogen (secondary N) is 2. The standard InChI is InChI=1S/C27H27ClN2O4/c28-24-7-3-1-5-20(24)22(23-14-30-25-8-4-2-6-21(23)25)13-29-12-19(31)16-32-15-18-9-10-26-27(11-18)34-17-33-26/h1-11,14,19,22,29-31H,12-13,15-17H2/t19-,22-/m1/s1. The summed E-state index contributed by atoms with van der Waals surface area (Å²) in [5.74, 6) is 1.51. The van der Waals surface area contributed by atoms with Gasteiger partial charge in [-0.1, -0.05) is 54.1 Å². The number of halogens is 1. The van der Waals surface area contributed by atoms with Gasteiger partial charge in [-0.05, 0) is 41.0 Å². The van der Waals surface area contributed by atoms with Crippen molar-refractivity contribution in [1.82, 2.24) is 10.3 Å². The van der Waals surface area contributed by atoms with Gasteiger partial charge < -0.3 is 29.6 Å². The Balaban J connectivity index is 1.19. The molecule has 0 radical (unpaired) electrons. The summed E-state index contributed by atoms with van der Waals surface area (Å²) in [5, 5.41) is 15.8. The number of aromatic nitrogens is 1. The first-order valence-electron chi connectivity index (χ1n) is 11.3. The Kier molecular flexibility index (Phi) is 7.02. The van der Waals surface area contributed by atoms with Gasteiger partial charge in [0.2, 0.25) is 6.79 Å². The van der Waals surface area contributed by atoms with Crippen LogP contribution >= 0.6 is 11.6 Å². The van der Waals surface area contributed by atoms with E-state index < -0.39 is 6.10 Å². The highest BCUT2D eigenvalue weighted by atomic mass is 35.5. The Hall–Kier alpha value is -3.03. The van der Waals surface area contributed by atoms with Gasteiger partial charge in [-0.3, -0.25) is 0 Å². The number of aliphatic hydroxyl groups excluding tert-OH is 1. The van der Waals surface area contributed by atoms with Crippen LogP contribution in [-0.4, -0.2) is 42.7 Å². The maximum Gasteiger partial charge on any atom is 0.231 e. The van der Waals surface area contributed by atoms with E-state index in [1.54, 1.807) is 0 Å². The fourth-order valence-corrected chi connectivity index (χ4v) is 4.59. The minimum Gasteiger partial charge on any atom is -0.454 e. The van der Waals surface area contributed by atoms with Gasteiger partial charge in [0.25, 0.3) is 0 Å². The van der Waals surface area contributed by atoms with Gasteiger partial charge >= 0.3 is 0 Å². The van der Waals surface area contributed by atoms with Crippen LogP contribution < -0.4 is 14.8 Å². The summed E-state index contributed by atoms with van der Waals surface area (Å²) in [5.41, 5.74) is 4.29. The summed E-state index contributed by atoms with van der Waals surface area (Å²) >= 11 is 6.57. The Morgan fingerprint density at radius 1 is 0.971 bits per heavy atom. The SMILES string of the molecule is O[C@H](CNC[C@H](c1ccccc1Cl)c1c[nH]c2ccccc12)COCc1ccc2c(c1)OCO2. The molecule has 1 aromatic heterocycles. The summed E-state index contributed by atoms with van der Waals surface area (Å²) in [6.45, 7) is 1.91. The van der Waals surface area contributed by atoms with Gasteiger partial charge in [-0.15, -0.1) is 0 Å². The van der Waals surface area contributed by atoms with Crippen molar-refractivity contribution >= 4 is 22.5 Å². The van der Waals surface area contributed by atoms with E-state index in [0.717, 1.165) is 33.2 Å². The molecule has 0 spiro atoms. The molecule has 6 nitrogen and oxygen atoms in total. The third-order valence-electron chi connectivity index (χ3n) is 6.02. The molecular weight excluding hydrogens is 452 g/mol. The summed E-state index contributed by atoms with van der Waals surface area (Å²) in [7, 11) is 0. The van der Waals surface area contributed by atoms with E-state index in [4.69, 9.17) is 25.8 Å². The number of aromatic amines is 1. The molecule has 0 aliphatic carbocycles. The van der Waals surface area contributed by atoms with Crippen molar-refractivity contribution in [3.8, 4) is 11.5 Å². The predicted octanol–water partition coefficient (Wildman–Crippen LogP) is 4.85. The predicted molar refractivity (Wildman–Crippen MR) is 133 cm³/mol. The Morgan fingerprint density at radius 3 is 2.71 bits per heavy atom. The molecule has 176 valence electrons. The topological polar surface area (TPSA) is 75.7 Å². The third-order valence-corrected chi connectivity index (χ3v) is 6.37. The molecular formula is C27H27ClN2O4. The van der Waals surface area contributed by atoms with Crippen molar-refractivity contribution in [2.75, 3.05) is 26.5 Å². The second-order valence-electron chi connectivity index (χ2n) is 8.38. The van der Waals surface area contributed by atoms with Crippen molar-refractivity contribution in [3.63, 3.8) is 0 Å².